The van der Waals surface area contributed by atoms with E-state index in [1.807, 2.05) is 0 Å². The number of benzene rings is 1. The molecular weight excluding hydrogens is 228 g/mol. The molecule has 1 N–H and O–H groups in total. The summed E-state index contributed by atoms with van der Waals surface area (Å²) >= 11 is 1.37. The third-order valence-electron chi connectivity index (χ3n) is 2.25. The van der Waals surface area contributed by atoms with E-state index in [1.165, 1.54) is 11.3 Å². The van der Waals surface area contributed by atoms with E-state index in [0.717, 1.165) is 10.1 Å². The smallest absolute Gasteiger partial charge is 0.335 e. The van der Waals surface area contributed by atoms with Gasteiger partial charge in [-0.1, -0.05) is 11.3 Å². The van der Waals surface area contributed by atoms with Gasteiger partial charge in [0.25, 0.3) is 0 Å². The highest BCUT2D eigenvalue weighted by molar-refractivity contribution is 7.21. The normalized spacial score (nSPS) is 10.4. The summed E-state index contributed by atoms with van der Waals surface area (Å²) in [6, 6.07) is 4.91. The minimum atomic E-state index is -0.937. The summed E-state index contributed by atoms with van der Waals surface area (Å²) in [6.07, 6.45) is 0. The zero-order valence-electron chi connectivity index (χ0n) is 8.81. The predicted molar refractivity (Wildman–Crippen MR) is 61.9 cm³/mol. The molecule has 16 heavy (non-hydrogen) atoms. The molecule has 5 heteroatoms. The number of carboxylic acid groups (broad SMARTS) is 1. The molecule has 2 rings (SSSR count). The van der Waals surface area contributed by atoms with Crippen molar-refractivity contribution in [3.8, 4) is 10.8 Å². The van der Waals surface area contributed by atoms with Crippen molar-refractivity contribution < 1.29 is 19.4 Å². The van der Waals surface area contributed by atoms with Gasteiger partial charge in [0.2, 0.25) is 5.06 Å². The van der Waals surface area contributed by atoms with E-state index in [2.05, 4.69) is 0 Å². The summed E-state index contributed by atoms with van der Waals surface area (Å²) in [5.41, 5.74) is 0.263. The van der Waals surface area contributed by atoms with Gasteiger partial charge in [-0.3, -0.25) is 0 Å². The Morgan fingerprint density at radius 3 is 2.62 bits per heavy atom. The van der Waals surface area contributed by atoms with E-state index in [1.54, 1.807) is 32.4 Å². The Labute approximate surface area is 96.0 Å². The Morgan fingerprint density at radius 1 is 1.31 bits per heavy atom. The average molecular weight is 238 g/mol. The predicted octanol–water partition coefficient (Wildman–Crippen LogP) is 2.62. The van der Waals surface area contributed by atoms with Gasteiger partial charge in [0, 0.05) is 10.1 Å². The molecule has 0 bridgehead atoms. The first-order valence-electron chi connectivity index (χ1n) is 4.55. The van der Waals surface area contributed by atoms with E-state index >= 15 is 0 Å². The summed E-state index contributed by atoms with van der Waals surface area (Å²) in [5.74, 6) is -0.285. The summed E-state index contributed by atoms with van der Waals surface area (Å²) in [6.45, 7) is 0. The monoisotopic (exact) mass is 238 g/mol. The summed E-state index contributed by atoms with van der Waals surface area (Å²) in [4.78, 5) is 10.8. The Hall–Kier alpha value is -1.75. The molecule has 0 unspecified atom stereocenters. The molecule has 1 aromatic carbocycles. The van der Waals surface area contributed by atoms with Crippen LogP contribution in [0.5, 0.6) is 10.8 Å². The first kappa shape index (κ1) is 10.8. The lowest BCUT2D eigenvalue weighted by atomic mass is 10.2. The highest BCUT2D eigenvalue weighted by Crippen LogP contribution is 2.43. The Morgan fingerprint density at radius 2 is 2.06 bits per heavy atom. The number of thiophene rings is 1. The molecule has 1 aromatic heterocycles. The van der Waals surface area contributed by atoms with E-state index in [0.29, 0.717) is 10.8 Å². The Balaban J connectivity index is 2.67. The maximum absolute atomic E-state index is 10.8. The third-order valence-corrected chi connectivity index (χ3v) is 3.35. The summed E-state index contributed by atoms with van der Waals surface area (Å²) in [7, 11) is 3.13. The van der Waals surface area contributed by atoms with Gasteiger partial charge in [-0.25, -0.2) is 4.79 Å². The molecule has 0 aliphatic carbocycles. The van der Waals surface area contributed by atoms with Gasteiger partial charge in [-0.2, -0.15) is 0 Å². The second-order valence-corrected chi connectivity index (χ2v) is 4.16. The molecule has 0 fully saturated rings. The Bertz CT molecular complexity index is 544. The van der Waals surface area contributed by atoms with Gasteiger partial charge in [0.1, 0.15) is 0 Å². The highest BCUT2D eigenvalue weighted by atomic mass is 32.1. The van der Waals surface area contributed by atoms with Crippen LogP contribution in [0.3, 0.4) is 0 Å². The minimum Gasteiger partial charge on any atom is -0.491 e. The number of carbonyl (C=O) groups is 1. The van der Waals surface area contributed by atoms with Crippen molar-refractivity contribution in [2.75, 3.05) is 14.2 Å². The van der Waals surface area contributed by atoms with Crippen LogP contribution in [0.25, 0.3) is 10.1 Å². The fraction of sp³-hybridized carbons (Fsp3) is 0.182. The van der Waals surface area contributed by atoms with Gasteiger partial charge < -0.3 is 14.6 Å². The molecule has 0 saturated carbocycles. The van der Waals surface area contributed by atoms with Crippen LogP contribution >= 0.6 is 11.3 Å². The second-order valence-electron chi connectivity index (χ2n) is 3.14. The van der Waals surface area contributed by atoms with E-state index in [9.17, 15) is 4.79 Å². The number of methoxy groups -OCH3 is 2. The third kappa shape index (κ3) is 1.59. The van der Waals surface area contributed by atoms with Crippen LogP contribution in [0.2, 0.25) is 0 Å². The number of carboxylic acids is 1. The van der Waals surface area contributed by atoms with Gasteiger partial charge >= 0.3 is 5.97 Å². The maximum atomic E-state index is 10.8. The first-order valence-corrected chi connectivity index (χ1v) is 5.37. The molecule has 0 aliphatic heterocycles. The van der Waals surface area contributed by atoms with Gasteiger partial charge in [0.15, 0.2) is 5.75 Å². The van der Waals surface area contributed by atoms with Crippen molar-refractivity contribution in [3.63, 3.8) is 0 Å². The molecule has 1 heterocycles. The van der Waals surface area contributed by atoms with E-state index in [-0.39, 0.29) is 5.56 Å². The van der Waals surface area contributed by atoms with Crippen LogP contribution < -0.4 is 9.47 Å². The quantitative estimate of drug-likeness (QED) is 0.893. The molecular formula is C11H10O4S. The molecule has 0 aliphatic rings. The van der Waals surface area contributed by atoms with Crippen molar-refractivity contribution in [3.05, 3.63) is 23.8 Å². The fourth-order valence-electron chi connectivity index (χ4n) is 1.51. The first-order chi connectivity index (χ1) is 7.67. The summed E-state index contributed by atoms with van der Waals surface area (Å²) < 4.78 is 11.2. The average Bonchev–Trinajstić information content (AvgIpc) is 2.65. The van der Waals surface area contributed by atoms with Crippen molar-refractivity contribution in [2.45, 2.75) is 0 Å². The number of ether oxygens (including phenoxy) is 2. The molecule has 0 spiro atoms. The molecule has 84 valence electrons. The SMILES string of the molecule is COc1sc2cc(C(=O)O)ccc2c1OC. The van der Waals surface area contributed by atoms with E-state index < -0.39 is 5.97 Å². The van der Waals surface area contributed by atoms with Crippen molar-refractivity contribution in [1.82, 2.24) is 0 Å². The topological polar surface area (TPSA) is 55.8 Å². The van der Waals surface area contributed by atoms with Crippen LogP contribution in [-0.2, 0) is 0 Å². The molecule has 0 saturated heterocycles. The largest absolute Gasteiger partial charge is 0.491 e. The maximum Gasteiger partial charge on any atom is 0.335 e. The van der Waals surface area contributed by atoms with Gasteiger partial charge in [0.05, 0.1) is 19.8 Å². The number of rotatable bonds is 3. The lowest BCUT2D eigenvalue weighted by Gasteiger charge is -2.00. The zero-order chi connectivity index (χ0) is 11.7. The standard InChI is InChI=1S/C11H10O4S/c1-14-9-7-4-3-6(10(12)13)5-8(7)16-11(9)15-2/h3-5H,1-2H3,(H,12,13). The number of aromatic carboxylic acids is 1. The molecule has 4 nitrogen and oxygen atoms in total. The fourth-order valence-corrected chi connectivity index (χ4v) is 2.54. The van der Waals surface area contributed by atoms with Crippen molar-refractivity contribution in [1.29, 1.82) is 0 Å². The number of hydrogen-bond donors (Lipinski definition) is 1. The molecule has 0 amide bonds. The molecule has 0 radical (unpaired) electrons. The van der Waals surface area contributed by atoms with Crippen LogP contribution in [0.4, 0.5) is 0 Å². The molecule has 0 atom stereocenters. The van der Waals surface area contributed by atoms with Crippen LogP contribution in [0, 0.1) is 0 Å². The highest BCUT2D eigenvalue weighted by Gasteiger charge is 2.14. The van der Waals surface area contributed by atoms with Gasteiger partial charge in [-0.05, 0) is 18.2 Å². The summed E-state index contributed by atoms with van der Waals surface area (Å²) in [5, 5.41) is 10.4. The zero-order valence-corrected chi connectivity index (χ0v) is 9.63. The molecule has 2 aromatic rings. The second kappa shape index (κ2) is 4.02. The van der Waals surface area contributed by atoms with Crippen LogP contribution in [-0.4, -0.2) is 25.3 Å². The van der Waals surface area contributed by atoms with Crippen LogP contribution in [0.1, 0.15) is 10.4 Å². The Kier molecular flexibility index (Phi) is 2.70. The lowest BCUT2D eigenvalue weighted by Crippen LogP contribution is -1.94. The van der Waals surface area contributed by atoms with Gasteiger partial charge in [-0.15, -0.1) is 0 Å². The number of hydrogen-bond acceptors (Lipinski definition) is 4. The lowest BCUT2D eigenvalue weighted by molar-refractivity contribution is 0.0697. The number of fused-ring (bicyclic) bond motifs is 1. The van der Waals surface area contributed by atoms with Crippen molar-refractivity contribution >= 4 is 27.4 Å². The van der Waals surface area contributed by atoms with E-state index in [4.69, 9.17) is 14.6 Å². The van der Waals surface area contributed by atoms with Crippen molar-refractivity contribution in [2.24, 2.45) is 0 Å². The minimum absolute atomic E-state index is 0.263. The van der Waals surface area contributed by atoms with Crippen LogP contribution in [0.15, 0.2) is 18.2 Å².